The lowest BCUT2D eigenvalue weighted by Crippen LogP contribution is -2.37. The Balaban J connectivity index is 1.99. The van der Waals surface area contributed by atoms with Gasteiger partial charge in [0.1, 0.15) is 0 Å². The second-order valence-corrected chi connectivity index (χ2v) is 6.62. The number of nitrogens with one attached hydrogen (secondary N) is 1. The summed E-state index contributed by atoms with van der Waals surface area (Å²) in [6, 6.07) is 1.91. The Morgan fingerprint density at radius 1 is 1.14 bits per heavy atom. The number of carbonyl (C=O) groups excluding carboxylic acids is 2. The lowest BCUT2D eigenvalue weighted by molar-refractivity contribution is -0.131. The van der Waals surface area contributed by atoms with E-state index in [-0.39, 0.29) is 11.8 Å². The molecule has 0 saturated carbocycles. The van der Waals surface area contributed by atoms with Crippen molar-refractivity contribution < 1.29 is 9.59 Å². The predicted molar refractivity (Wildman–Crippen MR) is 86.8 cm³/mol. The summed E-state index contributed by atoms with van der Waals surface area (Å²) >= 11 is 0. The summed E-state index contributed by atoms with van der Waals surface area (Å²) < 4.78 is 0. The van der Waals surface area contributed by atoms with E-state index in [2.05, 4.69) is 18.8 Å². The van der Waals surface area contributed by atoms with Gasteiger partial charge in [-0.05, 0) is 32.3 Å². The highest BCUT2D eigenvalue weighted by Crippen LogP contribution is 2.15. The Morgan fingerprint density at radius 2 is 1.77 bits per heavy atom. The third-order valence-corrected chi connectivity index (χ3v) is 4.10. The summed E-state index contributed by atoms with van der Waals surface area (Å²) in [5.41, 5.74) is 2.67. The number of amides is 2. The molecular formula is C17H27N3O2. The molecule has 1 aromatic rings. The molecular weight excluding hydrogens is 278 g/mol. The van der Waals surface area contributed by atoms with Crippen LogP contribution in [0.25, 0.3) is 0 Å². The molecule has 2 amide bonds. The zero-order chi connectivity index (χ0) is 16.3. The first-order chi connectivity index (χ1) is 10.4. The molecule has 5 nitrogen and oxygen atoms in total. The number of nitrogens with zero attached hydrogens (tertiary/aromatic N) is 2. The van der Waals surface area contributed by atoms with Crippen LogP contribution in [-0.2, 0) is 4.79 Å². The summed E-state index contributed by atoms with van der Waals surface area (Å²) in [5, 5.41) is 0. The van der Waals surface area contributed by atoms with Crippen molar-refractivity contribution in [3.05, 3.63) is 23.0 Å². The minimum absolute atomic E-state index is 0.0695. The van der Waals surface area contributed by atoms with Crippen molar-refractivity contribution in [2.75, 3.05) is 26.2 Å². The largest absolute Gasteiger partial charge is 0.362 e. The van der Waals surface area contributed by atoms with Crippen molar-refractivity contribution in [3.63, 3.8) is 0 Å². The van der Waals surface area contributed by atoms with Crippen molar-refractivity contribution in [2.45, 2.75) is 40.5 Å². The lowest BCUT2D eigenvalue weighted by Gasteiger charge is -2.23. The smallest absolute Gasteiger partial charge is 0.255 e. The number of hydrogen-bond acceptors (Lipinski definition) is 2. The fourth-order valence-electron chi connectivity index (χ4n) is 2.96. The minimum atomic E-state index is 0.0695. The Morgan fingerprint density at radius 3 is 2.36 bits per heavy atom. The van der Waals surface area contributed by atoms with E-state index < -0.39 is 0 Å². The molecule has 1 aliphatic heterocycles. The third-order valence-electron chi connectivity index (χ3n) is 4.10. The van der Waals surface area contributed by atoms with Gasteiger partial charge in [-0.3, -0.25) is 9.59 Å². The van der Waals surface area contributed by atoms with Gasteiger partial charge in [-0.15, -0.1) is 0 Å². The molecule has 0 radical (unpaired) electrons. The number of aryl methyl sites for hydroxylation is 2. The number of H-pyrrole nitrogens is 1. The quantitative estimate of drug-likeness (QED) is 0.932. The maximum atomic E-state index is 12.6. The van der Waals surface area contributed by atoms with E-state index in [9.17, 15) is 9.59 Å². The molecule has 5 heteroatoms. The fourth-order valence-corrected chi connectivity index (χ4v) is 2.96. The van der Waals surface area contributed by atoms with Gasteiger partial charge in [0, 0.05) is 44.0 Å². The standard InChI is InChI=1S/C17H27N3O2/c1-12(2)10-16(21)19-6-5-7-20(9-8-19)17(22)15-11-13(3)18-14(15)4/h11-12,18H,5-10H2,1-4H3. The van der Waals surface area contributed by atoms with Crippen molar-refractivity contribution >= 4 is 11.8 Å². The normalized spacial score (nSPS) is 16.0. The van der Waals surface area contributed by atoms with Gasteiger partial charge >= 0.3 is 0 Å². The molecule has 0 atom stereocenters. The van der Waals surface area contributed by atoms with Gasteiger partial charge in [0.2, 0.25) is 5.91 Å². The SMILES string of the molecule is Cc1cc(C(=O)N2CCCN(C(=O)CC(C)C)CC2)c(C)[nH]1. The van der Waals surface area contributed by atoms with Crippen LogP contribution in [0, 0.1) is 19.8 Å². The average molecular weight is 305 g/mol. The molecule has 2 heterocycles. The van der Waals surface area contributed by atoms with E-state index >= 15 is 0 Å². The van der Waals surface area contributed by atoms with Crippen LogP contribution < -0.4 is 0 Å². The topological polar surface area (TPSA) is 56.4 Å². The highest BCUT2D eigenvalue weighted by Gasteiger charge is 2.24. The first kappa shape index (κ1) is 16.6. The van der Waals surface area contributed by atoms with E-state index in [0.29, 0.717) is 32.0 Å². The van der Waals surface area contributed by atoms with Crippen molar-refractivity contribution in [3.8, 4) is 0 Å². The number of carbonyl (C=O) groups is 2. The van der Waals surface area contributed by atoms with Gasteiger partial charge < -0.3 is 14.8 Å². The highest BCUT2D eigenvalue weighted by molar-refractivity contribution is 5.95. The molecule has 1 fully saturated rings. The fraction of sp³-hybridized carbons (Fsp3) is 0.647. The zero-order valence-electron chi connectivity index (χ0n) is 14.1. The number of hydrogen-bond donors (Lipinski definition) is 1. The monoisotopic (exact) mass is 305 g/mol. The van der Waals surface area contributed by atoms with Crippen LogP contribution in [0.5, 0.6) is 0 Å². The predicted octanol–water partition coefficient (Wildman–Crippen LogP) is 2.35. The van der Waals surface area contributed by atoms with E-state index in [1.54, 1.807) is 0 Å². The van der Waals surface area contributed by atoms with Gasteiger partial charge in [0.05, 0.1) is 5.56 Å². The molecule has 0 unspecified atom stereocenters. The van der Waals surface area contributed by atoms with Crippen LogP contribution in [0.15, 0.2) is 6.07 Å². The van der Waals surface area contributed by atoms with Crippen molar-refractivity contribution in [2.24, 2.45) is 5.92 Å². The van der Waals surface area contributed by atoms with Crippen LogP contribution >= 0.6 is 0 Å². The van der Waals surface area contributed by atoms with E-state index in [1.807, 2.05) is 29.7 Å². The molecule has 0 aliphatic carbocycles. The summed E-state index contributed by atoms with van der Waals surface area (Å²) in [4.78, 5) is 31.8. The second kappa shape index (κ2) is 6.99. The molecule has 22 heavy (non-hydrogen) atoms. The molecule has 122 valence electrons. The molecule has 1 aromatic heterocycles. The molecule has 1 N–H and O–H groups in total. The lowest BCUT2D eigenvalue weighted by atomic mass is 10.1. The molecule has 0 bridgehead atoms. The third kappa shape index (κ3) is 3.90. The first-order valence-electron chi connectivity index (χ1n) is 8.11. The molecule has 1 aliphatic rings. The van der Waals surface area contributed by atoms with Crippen LogP contribution in [0.2, 0.25) is 0 Å². The maximum absolute atomic E-state index is 12.6. The molecule has 0 spiro atoms. The number of aromatic amines is 1. The summed E-state index contributed by atoms with van der Waals surface area (Å²) in [7, 11) is 0. The van der Waals surface area contributed by atoms with Gasteiger partial charge in [0.25, 0.3) is 5.91 Å². The number of rotatable bonds is 3. The molecule has 1 saturated heterocycles. The summed E-state index contributed by atoms with van der Waals surface area (Å²) in [6.45, 7) is 10.7. The maximum Gasteiger partial charge on any atom is 0.255 e. The van der Waals surface area contributed by atoms with Gasteiger partial charge in [-0.25, -0.2) is 0 Å². The van der Waals surface area contributed by atoms with E-state index in [0.717, 1.165) is 29.9 Å². The Hall–Kier alpha value is -1.78. The van der Waals surface area contributed by atoms with E-state index in [4.69, 9.17) is 0 Å². The summed E-state index contributed by atoms with van der Waals surface area (Å²) in [6.07, 6.45) is 1.43. The van der Waals surface area contributed by atoms with Crippen molar-refractivity contribution in [1.82, 2.24) is 14.8 Å². The van der Waals surface area contributed by atoms with Crippen LogP contribution in [0.1, 0.15) is 48.4 Å². The number of aromatic nitrogens is 1. The van der Waals surface area contributed by atoms with Crippen LogP contribution in [0.4, 0.5) is 0 Å². The van der Waals surface area contributed by atoms with Gasteiger partial charge in [0.15, 0.2) is 0 Å². The molecule has 2 rings (SSSR count). The van der Waals surface area contributed by atoms with Gasteiger partial charge in [-0.1, -0.05) is 13.8 Å². The van der Waals surface area contributed by atoms with Crippen LogP contribution in [-0.4, -0.2) is 52.8 Å². The Labute approximate surface area is 132 Å². The van der Waals surface area contributed by atoms with Crippen molar-refractivity contribution in [1.29, 1.82) is 0 Å². The Kier molecular flexibility index (Phi) is 5.27. The Bertz CT molecular complexity index is 548. The zero-order valence-corrected chi connectivity index (χ0v) is 14.1. The van der Waals surface area contributed by atoms with Crippen LogP contribution in [0.3, 0.4) is 0 Å². The van der Waals surface area contributed by atoms with Gasteiger partial charge in [-0.2, -0.15) is 0 Å². The summed E-state index contributed by atoms with van der Waals surface area (Å²) in [5.74, 6) is 0.650. The highest BCUT2D eigenvalue weighted by atomic mass is 16.2. The molecule has 0 aromatic carbocycles. The first-order valence-corrected chi connectivity index (χ1v) is 8.11. The second-order valence-electron chi connectivity index (χ2n) is 6.62. The van der Waals surface area contributed by atoms with E-state index in [1.165, 1.54) is 0 Å². The average Bonchev–Trinajstić information content (AvgIpc) is 2.65. The minimum Gasteiger partial charge on any atom is -0.362 e.